The number of aryl methyl sites for hydroxylation is 1. The first-order valence-electron chi connectivity index (χ1n) is 6.60. The highest BCUT2D eigenvalue weighted by molar-refractivity contribution is 9.10. The molecule has 21 heavy (non-hydrogen) atoms. The van der Waals surface area contributed by atoms with Crippen molar-refractivity contribution in [3.05, 3.63) is 57.5 Å². The Morgan fingerprint density at radius 2 is 2.10 bits per heavy atom. The Balaban J connectivity index is 1.80. The molecule has 1 unspecified atom stereocenters. The number of hydrogen-bond acceptors (Lipinski definition) is 3. The summed E-state index contributed by atoms with van der Waals surface area (Å²) in [5.41, 5.74) is 2.11. The molecular weight excluding hydrogens is 354 g/mol. The van der Waals surface area contributed by atoms with Gasteiger partial charge in [-0.2, -0.15) is 0 Å². The number of nitrogens with one attached hydrogen (secondary N) is 1. The van der Waals surface area contributed by atoms with Crippen LogP contribution in [-0.4, -0.2) is 24.4 Å². The Morgan fingerprint density at radius 1 is 1.29 bits per heavy atom. The molecule has 0 aliphatic heterocycles. The lowest BCUT2D eigenvalue weighted by atomic mass is 10.2. The zero-order valence-corrected chi connectivity index (χ0v) is 14.0. The number of aliphatic hydroxyl groups excluding tert-OH is 1. The number of anilines is 1. The van der Waals surface area contributed by atoms with Gasteiger partial charge in [0.1, 0.15) is 18.5 Å². The van der Waals surface area contributed by atoms with E-state index in [1.807, 2.05) is 37.3 Å². The van der Waals surface area contributed by atoms with Crippen molar-refractivity contribution in [2.24, 2.45) is 0 Å². The van der Waals surface area contributed by atoms with Gasteiger partial charge < -0.3 is 15.2 Å². The lowest BCUT2D eigenvalue weighted by molar-refractivity contribution is 0.117. The van der Waals surface area contributed by atoms with Crippen molar-refractivity contribution < 1.29 is 9.84 Å². The molecule has 0 bridgehead atoms. The summed E-state index contributed by atoms with van der Waals surface area (Å²) in [6, 6.07) is 13.1. The second-order valence-electron chi connectivity index (χ2n) is 4.82. The summed E-state index contributed by atoms with van der Waals surface area (Å²) >= 11 is 9.32. The number of halogens is 2. The van der Waals surface area contributed by atoms with E-state index in [1.165, 1.54) is 0 Å². The third-order valence-electron chi connectivity index (χ3n) is 2.82. The third kappa shape index (κ3) is 5.58. The average Bonchev–Trinajstić information content (AvgIpc) is 2.42. The van der Waals surface area contributed by atoms with Crippen LogP contribution in [0.15, 0.2) is 46.9 Å². The molecule has 0 aliphatic rings. The number of aliphatic hydroxyl groups is 1. The quantitative estimate of drug-likeness (QED) is 0.798. The Kier molecular flexibility index (Phi) is 5.91. The first-order chi connectivity index (χ1) is 10.0. The van der Waals surface area contributed by atoms with Crippen LogP contribution in [0.5, 0.6) is 5.75 Å². The third-order valence-corrected chi connectivity index (χ3v) is 3.52. The minimum atomic E-state index is -0.608. The first-order valence-corrected chi connectivity index (χ1v) is 7.77. The molecule has 2 rings (SSSR count). The summed E-state index contributed by atoms with van der Waals surface area (Å²) in [6.45, 7) is 2.64. The van der Waals surface area contributed by atoms with Crippen molar-refractivity contribution in [1.82, 2.24) is 0 Å². The molecule has 0 spiro atoms. The monoisotopic (exact) mass is 369 g/mol. The first kappa shape index (κ1) is 16.1. The van der Waals surface area contributed by atoms with Crippen LogP contribution in [0.3, 0.4) is 0 Å². The molecule has 0 heterocycles. The second kappa shape index (κ2) is 7.69. The van der Waals surface area contributed by atoms with Crippen LogP contribution in [-0.2, 0) is 0 Å². The Bertz CT molecular complexity index is 586. The highest BCUT2D eigenvalue weighted by Gasteiger charge is 2.06. The van der Waals surface area contributed by atoms with Gasteiger partial charge in [0, 0.05) is 21.7 Å². The van der Waals surface area contributed by atoms with Crippen LogP contribution in [0, 0.1) is 6.92 Å². The van der Waals surface area contributed by atoms with Gasteiger partial charge in [-0.1, -0.05) is 33.6 Å². The number of hydrogen-bond donors (Lipinski definition) is 2. The molecule has 2 aromatic rings. The van der Waals surface area contributed by atoms with Crippen LogP contribution in [0.2, 0.25) is 5.02 Å². The molecule has 1 atom stereocenters. The van der Waals surface area contributed by atoms with E-state index in [-0.39, 0.29) is 6.61 Å². The molecule has 0 saturated heterocycles. The van der Waals surface area contributed by atoms with Gasteiger partial charge in [-0.05, 0) is 48.9 Å². The number of rotatable bonds is 6. The molecule has 0 aliphatic carbocycles. The summed E-state index contributed by atoms with van der Waals surface area (Å²) in [5, 5.41) is 13.8. The topological polar surface area (TPSA) is 41.5 Å². The van der Waals surface area contributed by atoms with Gasteiger partial charge in [0.25, 0.3) is 0 Å². The van der Waals surface area contributed by atoms with Crippen molar-refractivity contribution in [2.75, 3.05) is 18.5 Å². The van der Waals surface area contributed by atoms with E-state index in [4.69, 9.17) is 16.3 Å². The minimum Gasteiger partial charge on any atom is -0.491 e. The van der Waals surface area contributed by atoms with Gasteiger partial charge in [0.05, 0.1) is 0 Å². The zero-order chi connectivity index (χ0) is 15.2. The van der Waals surface area contributed by atoms with Gasteiger partial charge in [-0.25, -0.2) is 0 Å². The smallest absolute Gasteiger partial charge is 0.120 e. The normalized spacial score (nSPS) is 12.0. The summed E-state index contributed by atoms with van der Waals surface area (Å²) < 4.78 is 6.51. The van der Waals surface area contributed by atoms with E-state index < -0.39 is 6.10 Å². The molecule has 0 fully saturated rings. The lowest BCUT2D eigenvalue weighted by Gasteiger charge is -2.14. The molecule has 0 saturated carbocycles. The van der Waals surface area contributed by atoms with Gasteiger partial charge in [0.15, 0.2) is 0 Å². The predicted molar refractivity (Wildman–Crippen MR) is 90.3 cm³/mol. The van der Waals surface area contributed by atoms with Crippen LogP contribution >= 0.6 is 27.5 Å². The SMILES string of the molecule is Cc1cc(Br)cc(NCC(O)COc2cccc(Cl)c2)c1. The molecule has 3 nitrogen and oxygen atoms in total. The fourth-order valence-electron chi connectivity index (χ4n) is 1.88. The summed E-state index contributed by atoms with van der Waals surface area (Å²) in [5.74, 6) is 0.653. The fraction of sp³-hybridized carbons (Fsp3) is 0.250. The maximum Gasteiger partial charge on any atom is 0.120 e. The summed E-state index contributed by atoms with van der Waals surface area (Å²) in [7, 11) is 0. The van der Waals surface area contributed by atoms with Crippen LogP contribution in [0.1, 0.15) is 5.56 Å². The highest BCUT2D eigenvalue weighted by Crippen LogP contribution is 2.19. The highest BCUT2D eigenvalue weighted by atomic mass is 79.9. The van der Waals surface area contributed by atoms with E-state index in [9.17, 15) is 5.11 Å². The average molecular weight is 371 g/mol. The van der Waals surface area contributed by atoms with E-state index in [1.54, 1.807) is 12.1 Å². The second-order valence-corrected chi connectivity index (χ2v) is 6.17. The Hall–Kier alpha value is -1.23. The molecule has 2 aromatic carbocycles. The molecule has 0 aromatic heterocycles. The molecular formula is C16H17BrClNO2. The molecule has 0 amide bonds. The fourth-order valence-corrected chi connectivity index (χ4v) is 2.67. The van der Waals surface area contributed by atoms with E-state index >= 15 is 0 Å². The van der Waals surface area contributed by atoms with Gasteiger partial charge in [-0.15, -0.1) is 0 Å². The number of benzene rings is 2. The summed E-state index contributed by atoms with van der Waals surface area (Å²) in [6.07, 6.45) is -0.608. The van der Waals surface area contributed by atoms with Crippen molar-refractivity contribution in [2.45, 2.75) is 13.0 Å². The Morgan fingerprint density at radius 3 is 2.81 bits per heavy atom. The van der Waals surface area contributed by atoms with E-state index in [0.29, 0.717) is 17.3 Å². The molecule has 2 N–H and O–H groups in total. The van der Waals surface area contributed by atoms with Gasteiger partial charge >= 0.3 is 0 Å². The van der Waals surface area contributed by atoms with E-state index in [2.05, 4.69) is 21.2 Å². The molecule has 112 valence electrons. The Labute approximate surface area is 138 Å². The van der Waals surface area contributed by atoms with E-state index in [0.717, 1.165) is 15.7 Å². The molecule has 0 radical (unpaired) electrons. The zero-order valence-electron chi connectivity index (χ0n) is 11.6. The maximum absolute atomic E-state index is 9.95. The van der Waals surface area contributed by atoms with Crippen molar-refractivity contribution >= 4 is 33.2 Å². The minimum absolute atomic E-state index is 0.209. The summed E-state index contributed by atoms with van der Waals surface area (Å²) in [4.78, 5) is 0. The van der Waals surface area contributed by atoms with Crippen LogP contribution < -0.4 is 10.1 Å². The maximum atomic E-state index is 9.95. The van der Waals surface area contributed by atoms with Crippen molar-refractivity contribution in [3.63, 3.8) is 0 Å². The van der Waals surface area contributed by atoms with Gasteiger partial charge in [-0.3, -0.25) is 0 Å². The largest absolute Gasteiger partial charge is 0.491 e. The molecule has 5 heteroatoms. The standard InChI is InChI=1S/C16H17BrClNO2/c1-11-5-12(17)7-14(6-11)19-9-15(20)10-21-16-4-2-3-13(18)8-16/h2-8,15,19-20H,9-10H2,1H3. The van der Waals surface area contributed by atoms with Crippen LogP contribution in [0.25, 0.3) is 0 Å². The predicted octanol–water partition coefficient (Wildman–Crippen LogP) is 4.26. The van der Waals surface area contributed by atoms with Crippen molar-refractivity contribution in [3.8, 4) is 5.75 Å². The van der Waals surface area contributed by atoms with Gasteiger partial charge in [0.2, 0.25) is 0 Å². The van der Waals surface area contributed by atoms with Crippen LogP contribution in [0.4, 0.5) is 5.69 Å². The lowest BCUT2D eigenvalue weighted by Crippen LogP contribution is -2.26. The van der Waals surface area contributed by atoms with Crippen molar-refractivity contribution in [1.29, 1.82) is 0 Å². The number of ether oxygens (including phenoxy) is 1.